The van der Waals surface area contributed by atoms with E-state index in [2.05, 4.69) is 16.0 Å². The van der Waals surface area contributed by atoms with Gasteiger partial charge in [-0.1, -0.05) is 25.1 Å². The van der Waals surface area contributed by atoms with Crippen LogP contribution in [0.2, 0.25) is 0 Å². The maximum Gasteiger partial charge on any atom is 0.290 e. The van der Waals surface area contributed by atoms with E-state index < -0.39 is 11.8 Å². The number of hydrogen-bond donors (Lipinski definition) is 2. The van der Waals surface area contributed by atoms with Gasteiger partial charge in [0.15, 0.2) is 5.69 Å². The first-order valence-corrected chi connectivity index (χ1v) is 9.71. The number of nitrogens with one attached hydrogen (secondary N) is 2. The van der Waals surface area contributed by atoms with Gasteiger partial charge in [0.2, 0.25) is 0 Å². The van der Waals surface area contributed by atoms with Gasteiger partial charge in [-0.15, -0.1) is 11.3 Å². The first kappa shape index (κ1) is 19.5. The number of thiophene rings is 1. The highest BCUT2D eigenvalue weighted by atomic mass is 32.1. The lowest BCUT2D eigenvalue weighted by Crippen LogP contribution is -2.42. The molecule has 8 heteroatoms. The third-order valence-corrected chi connectivity index (χ3v) is 5.09. The fraction of sp³-hybridized carbons (Fsp3) is 0.200. The highest BCUT2D eigenvalue weighted by molar-refractivity contribution is 7.11. The van der Waals surface area contributed by atoms with Crippen LogP contribution in [0.25, 0.3) is 16.8 Å². The van der Waals surface area contributed by atoms with E-state index in [0.717, 1.165) is 10.4 Å². The Morgan fingerprint density at radius 1 is 1.18 bits per heavy atom. The van der Waals surface area contributed by atoms with Crippen LogP contribution < -0.4 is 16.4 Å². The monoisotopic (exact) mass is 396 g/mol. The second kappa shape index (κ2) is 8.62. The Labute approximate surface area is 165 Å². The van der Waals surface area contributed by atoms with Crippen molar-refractivity contribution < 1.29 is 9.59 Å². The summed E-state index contributed by atoms with van der Waals surface area (Å²) >= 11 is 1.53. The van der Waals surface area contributed by atoms with E-state index in [1.807, 2.05) is 25.3 Å². The van der Waals surface area contributed by atoms with E-state index in [4.69, 9.17) is 0 Å². The maximum atomic E-state index is 12.6. The molecule has 1 aromatic carbocycles. The average molecular weight is 396 g/mol. The summed E-state index contributed by atoms with van der Waals surface area (Å²) in [6.07, 6.45) is 3.75. The van der Waals surface area contributed by atoms with Gasteiger partial charge in [-0.3, -0.25) is 25.2 Å². The fourth-order valence-electron chi connectivity index (χ4n) is 2.69. The molecular weight excluding hydrogens is 376 g/mol. The molecule has 0 fully saturated rings. The van der Waals surface area contributed by atoms with Gasteiger partial charge in [-0.05, 0) is 42.5 Å². The molecule has 0 bridgehead atoms. The van der Waals surface area contributed by atoms with Gasteiger partial charge >= 0.3 is 0 Å². The summed E-state index contributed by atoms with van der Waals surface area (Å²) in [6.45, 7) is 4.28. The minimum Gasteiger partial charge on any atom is -0.268 e. The Balaban J connectivity index is 1.79. The standard InChI is InChI=1S/C20H20N4O3S/c1-3-11-24-20(27)15-7-5-4-6-14(15)18(23-24)19(26)22-21-17(25)9-8-16-13(2)10-12-28-16/h4-10,12H,3,11H2,1-2H3,(H,21,25)(H,22,26)/b9-8+. The molecule has 0 atom stereocenters. The van der Waals surface area contributed by atoms with Gasteiger partial charge in [-0.2, -0.15) is 5.10 Å². The maximum absolute atomic E-state index is 12.6. The molecule has 0 spiro atoms. The van der Waals surface area contributed by atoms with Crippen LogP contribution >= 0.6 is 11.3 Å². The lowest BCUT2D eigenvalue weighted by molar-refractivity contribution is -0.117. The molecule has 0 unspecified atom stereocenters. The molecule has 144 valence electrons. The second-order valence-corrected chi connectivity index (χ2v) is 7.11. The number of aryl methyl sites for hydroxylation is 2. The van der Waals surface area contributed by atoms with Gasteiger partial charge < -0.3 is 0 Å². The molecule has 7 nitrogen and oxygen atoms in total. The lowest BCUT2D eigenvalue weighted by atomic mass is 10.1. The van der Waals surface area contributed by atoms with Gasteiger partial charge in [0.05, 0.1) is 5.39 Å². The normalized spacial score (nSPS) is 11.1. The zero-order valence-corrected chi connectivity index (χ0v) is 16.4. The van der Waals surface area contributed by atoms with Crippen molar-refractivity contribution in [1.29, 1.82) is 0 Å². The van der Waals surface area contributed by atoms with Crippen molar-refractivity contribution in [2.24, 2.45) is 0 Å². The van der Waals surface area contributed by atoms with Crippen LogP contribution in [0.5, 0.6) is 0 Å². The van der Waals surface area contributed by atoms with E-state index in [9.17, 15) is 14.4 Å². The van der Waals surface area contributed by atoms with Crippen molar-refractivity contribution in [2.75, 3.05) is 0 Å². The zero-order chi connectivity index (χ0) is 20.1. The predicted molar refractivity (Wildman–Crippen MR) is 110 cm³/mol. The Morgan fingerprint density at radius 2 is 1.93 bits per heavy atom. The summed E-state index contributed by atoms with van der Waals surface area (Å²) < 4.78 is 1.28. The molecule has 0 aliphatic rings. The van der Waals surface area contributed by atoms with Crippen LogP contribution in [0.3, 0.4) is 0 Å². The molecule has 0 saturated carbocycles. The second-order valence-electron chi connectivity index (χ2n) is 6.17. The topological polar surface area (TPSA) is 93.1 Å². The molecule has 2 amide bonds. The van der Waals surface area contributed by atoms with Crippen molar-refractivity contribution in [1.82, 2.24) is 20.6 Å². The Bertz CT molecular complexity index is 1110. The van der Waals surface area contributed by atoms with E-state index in [-0.39, 0.29) is 11.3 Å². The van der Waals surface area contributed by atoms with Crippen molar-refractivity contribution in [3.63, 3.8) is 0 Å². The van der Waals surface area contributed by atoms with Crippen molar-refractivity contribution in [3.05, 3.63) is 68.3 Å². The number of benzene rings is 1. The number of aromatic nitrogens is 2. The third kappa shape index (κ3) is 4.17. The molecule has 0 saturated heterocycles. The Hall–Kier alpha value is -3.26. The summed E-state index contributed by atoms with van der Waals surface area (Å²) in [6, 6.07) is 8.76. The van der Waals surface area contributed by atoms with Gasteiger partial charge in [-0.25, -0.2) is 4.68 Å². The number of hydrazine groups is 1. The van der Waals surface area contributed by atoms with Crippen LogP contribution in [0, 0.1) is 6.92 Å². The van der Waals surface area contributed by atoms with Crippen LogP contribution in [0.4, 0.5) is 0 Å². The highest BCUT2D eigenvalue weighted by Gasteiger charge is 2.16. The molecular formula is C20H20N4O3S. The molecule has 28 heavy (non-hydrogen) atoms. The lowest BCUT2D eigenvalue weighted by Gasteiger charge is -2.10. The molecule has 2 aromatic heterocycles. The highest BCUT2D eigenvalue weighted by Crippen LogP contribution is 2.17. The van der Waals surface area contributed by atoms with Crippen molar-refractivity contribution in [3.8, 4) is 0 Å². The number of amides is 2. The minimum atomic E-state index is -0.588. The Kier molecular flexibility index (Phi) is 6.00. The SMILES string of the molecule is CCCn1nc(C(=O)NNC(=O)/C=C/c2sccc2C)c2ccccc2c1=O. The van der Waals surface area contributed by atoms with Gasteiger partial charge in [0.1, 0.15) is 0 Å². The molecule has 3 rings (SSSR count). The minimum absolute atomic E-state index is 0.0852. The molecule has 2 N–H and O–H groups in total. The molecule has 0 aliphatic heterocycles. The largest absolute Gasteiger partial charge is 0.290 e. The average Bonchev–Trinajstić information content (AvgIpc) is 3.11. The number of rotatable bonds is 5. The van der Waals surface area contributed by atoms with Gasteiger partial charge in [0, 0.05) is 22.9 Å². The molecule has 0 radical (unpaired) electrons. The number of carbonyl (C=O) groups is 2. The van der Waals surface area contributed by atoms with E-state index >= 15 is 0 Å². The number of carbonyl (C=O) groups excluding carboxylic acids is 2. The summed E-state index contributed by atoms with van der Waals surface area (Å²) in [4.78, 5) is 38.0. The summed E-state index contributed by atoms with van der Waals surface area (Å²) in [7, 11) is 0. The number of hydrogen-bond acceptors (Lipinski definition) is 5. The van der Waals surface area contributed by atoms with Crippen molar-refractivity contribution in [2.45, 2.75) is 26.8 Å². The van der Waals surface area contributed by atoms with E-state index in [1.165, 1.54) is 22.1 Å². The predicted octanol–water partition coefficient (Wildman–Crippen LogP) is 2.65. The zero-order valence-electron chi connectivity index (χ0n) is 15.6. The van der Waals surface area contributed by atoms with Crippen LogP contribution in [0.15, 0.2) is 46.6 Å². The fourth-order valence-corrected chi connectivity index (χ4v) is 3.51. The van der Waals surface area contributed by atoms with Crippen LogP contribution in [-0.4, -0.2) is 21.6 Å². The summed E-state index contributed by atoms with van der Waals surface area (Å²) in [5.74, 6) is -1.05. The Morgan fingerprint density at radius 3 is 2.61 bits per heavy atom. The van der Waals surface area contributed by atoms with E-state index in [1.54, 1.807) is 30.3 Å². The molecule has 2 heterocycles. The smallest absolute Gasteiger partial charge is 0.268 e. The van der Waals surface area contributed by atoms with Crippen LogP contribution in [-0.2, 0) is 11.3 Å². The number of fused-ring (bicyclic) bond motifs is 1. The number of nitrogens with zero attached hydrogens (tertiary/aromatic N) is 2. The first-order chi connectivity index (χ1) is 13.5. The van der Waals surface area contributed by atoms with Crippen LogP contribution in [0.1, 0.15) is 34.3 Å². The summed E-state index contributed by atoms with van der Waals surface area (Å²) in [5.41, 5.74) is 5.62. The summed E-state index contributed by atoms with van der Waals surface area (Å²) in [5, 5.41) is 6.99. The van der Waals surface area contributed by atoms with Gasteiger partial charge in [0.25, 0.3) is 17.4 Å². The third-order valence-electron chi connectivity index (χ3n) is 4.11. The van der Waals surface area contributed by atoms with Crippen molar-refractivity contribution >= 4 is 40.0 Å². The molecule has 3 aromatic rings. The van der Waals surface area contributed by atoms with E-state index in [0.29, 0.717) is 23.7 Å². The first-order valence-electron chi connectivity index (χ1n) is 8.83. The molecule has 0 aliphatic carbocycles. The quantitative estimate of drug-likeness (QED) is 0.512.